The molecule has 0 radical (unpaired) electrons. The van der Waals surface area contributed by atoms with E-state index in [0.29, 0.717) is 32.2 Å². The second-order valence-electron chi connectivity index (χ2n) is 6.98. The Balaban J connectivity index is 1.54. The van der Waals surface area contributed by atoms with Crippen molar-refractivity contribution in [1.29, 1.82) is 0 Å². The number of hydrogen-bond acceptors (Lipinski definition) is 4. The summed E-state index contributed by atoms with van der Waals surface area (Å²) in [5.74, 6) is 0.643. The quantitative estimate of drug-likeness (QED) is 0.207. The number of nitrogens with zero attached hydrogens (tertiary/aromatic N) is 3. The van der Waals surface area contributed by atoms with Gasteiger partial charge in [-0.3, -0.25) is 5.43 Å². The molecule has 32 heavy (non-hydrogen) atoms. The molecule has 0 saturated heterocycles. The number of furan rings is 1. The Kier molecular flexibility index (Phi) is 5.62. The van der Waals surface area contributed by atoms with Gasteiger partial charge < -0.3 is 4.42 Å². The maximum absolute atomic E-state index is 6.24. The van der Waals surface area contributed by atoms with Gasteiger partial charge in [-0.25, -0.2) is 4.68 Å². The summed E-state index contributed by atoms with van der Waals surface area (Å²) < 4.78 is 7.83. The molecule has 5 nitrogen and oxygen atoms in total. The lowest BCUT2D eigenvalue weighted by molar-refractivity contribution is 0.627. The van der Waals surface area contributed by atoms with E-state index in [1.807, 2.05) is 66.9 Å². The molecule has 8 heteroatoms. The Labute approximate surface area is 198 Å². The third kappa shape index (κ3) is 4.10. The maximum atomic E-state index is 6.24. The maximum Gasteiger partial charge on any atom is 0.156 e. The minimum atomic E-state index is 0.372. The largest absolute Gasteiger partial charge is 0.454 e. The van der Waals surface area contributed by atoms with Crippen molar-refractivity contribution in [2.24, 2.45) is 5.10 Å². The molecule has 1 N–H and O–H groups in total. The molecule has 0 atom stereocenters. The zero-order valence-corrected chi connectivity index (χ0v) is 18.7. The van der Waals surface area contributed by atoms with Crippen molar-refractivity contribution in [1.82, 2.24) is 9.78 Å². The van der Waals surface area contributed by atoms with Crippen LogP contribution < -0.4 is 5.43 Å². The van der Waals surface area contributed by atoms with E-state index in [9.17, 15) is 0 Å². The van der Waals surface area contributed by atoms with Gasteiger partial charge in [0.15, 0.2) is 5.76 Å². The van der Waals surface area contributed by atoms with Crippen molar-refractivity contribution in [2.45, 2.75) is 0 Å². The average Bonchev–Trinajstić information content (AvgIpc) is 3.40. The zero-order chi connectivity index (χ0) is 22.1. The van der Waals surface area contributed by atoms with E-state index in [2.05, 4.69) is 10.5 Å². The molecule has 5 aromatic rings. The number of anilines is 1. The fourth-order valence-electron chi connectivity index (χ4n) is 3.30. The number of aromatic nitrogens is 2. The average molecular weight is 482 g/mol. The van der Waals surface area contributed by atoms with Crippen LogP contribution in [-0.4, -0.2) is 16.0 Å². The Morgan fingerprint density at radius 1 is 0.906 bits per heavy atom. The minimum Gasteiger partial charge on any atom is -0.454 e. The van der Waals surface area contributed by atoms with Crippen LogP contribution in [0, 0.1) is 0 Å². The van der Waals surface area contributed by atoms with Crippen LogP contribution in [0.15, 0.2) is 88.5 Å². The third-order valence-electron chi connectivity index (χ3n) is 4.81. The highest BCUT2D eigenvalue weighted by molar-refractivity contribution is 6.41. The van der Waals surface area contributed by atoms with Gasteiger partial charge in [-0.15, -0.1) is 0 Å². The topological polar surface area (TPSA) is 55.4 Å². The molecule has 0 aliphatic rings. The van der Waals surface area contributed by atoms with Gasteiger partial charge in [0.05, 0.1) is 27.6 Å². The van der Waals surface area contributed by atoms with Crippen molar-refractivity contribution in [3.8, 4) is 17.1 Å². The highest BCUT2D eigenvalue weighted by atomic mass is 35.5. The lowest BCUT2D eigenvalue weighted by atomic mass is 10.2. The van der Waals surface area contributed by atoms with Gasteiger partial charge in [0.1, 0.15) is 11.3 Å². The summed E-state index contributed by atoms with van der Waals surface area (Å²) in [5, 5.41) is 11.3. The van der Waals surface area contributed by atoms with Crippen LogP contribution in [0.3, 0.4) is 0 Å². The van der Waals surface area contributed by atoms with Crippen molar-refractivity contribution >= 4 is 57.7 Å². The molecule has 158 valence electrons. The zero-order valence-electron chi connectivity index (χ0n) is 16.5. The van der Waals surface area contributed by atoms with Gasteiger partial charge >= 0.3 is 0 Å². The Morgan fingerprint density at radius 2 is 1.62 bits per heavy atom. The summed E-state index contributed by atoms with van der Waals surface area (Å²) in [6, 6.07) is 22.8. The smallest absolute Gasteiger partial charge is 0.156 e. The predicted molar refractivity (Wildman–Crippen MR) is 131 cm³/mol. The Hall–Kier alpha value is -3.25. The number of rotatable bonds is 5. The summed E-state index contributed by atoms with van der Waals surface area (Å²) in [6.07, 6.45) is 3.53. The van der Waals surface area contributed by atoms with Gasteiger partial charge in [-0.2, -0.15) is 10.2 Å². The van der Waals surface area contributed by atoms with Gasteiger partial charge in [0.25, 0.3) is 0 Å². The number of halogens is 3. The van der Waals surface area contributed by atoms with Gasteiger partial charge in [0, 0.05) is 22.2 Å². The lowest BCUT2D eigenvalue weighted by Crippen LogP contribution is -1.93. The Bertz CT molecular complexity index is 1380. The molecule has 2 aromatic heterocycles. The molecule has 2 heterocycles. The first-order valence-corrected chi connectivity index (χ1v) is 10.8. The van der Waals surface area contributed by atoms with Crippen LogP contribution in [-0.2, 0) is 0 Å². The van der Waals surface area contributed by atoms with E-state index in [0.717, 1.165) is 22.2 Å². The monoisotopic (exact) mass is 480 g/mol. The fourth-order valence-corrected chi connectivity index (χ4v) is 4.20. The predicted octanol–water partition coefficient (Wildman–Crippen LogP) is 7.69. The van der Waals surface area contributed by atoms with E-state index >= 15 is 0 Å². The van der Waals surface area contributed by atoms with Crippen molar-refractivity contribution in [3.63, 3.8) is 0 Å². The molecular formula is C24H15Cl3N4O. The highest BCUT2D eigenvalue weighted by Crippen LogP contribution is 2.34. The van der Waals surface area contributed by atoms with Crippen LogP contribution in [0.25, 0.3) is 28.1 Å². The summed E-state index contributed by atoms with van der Waals surface area (Å²) in [5.41, 5.74) is 6.47. The molecular weight excluding hydrogens is 467 g/mol. The molecule has 0 aliphatic carbocycles. The van der Waals surface area contributed by atoms with E-state index < -0.39 is 0 Å². The highest BCUT2D eigenvalue weighted by Gasteiger charge is 2.16. The first-order chi connectivity index (χ1) is 15.6. The SMILES string of the molecule is Clc1cc(Cl)c(N/N=C\c2cn(-c3ccccc3)nc2-c2cc3ccccc3o2)c(Cl)c1. The normalized spacial score (nSPS) is 11.5. The second-order valence-corrected chi connectivity index (χ2v) is 8.23. The minimum absolute atomic E-state index is 0.372. The first-order valence-electron chi connectivity index (χ1n) is 9.66. The molecule has 3 aromatic carbocycles. The van der Waals surface area contributed by atoms with Gasteiger partial charge in [0.2, 0.25) is 0 Å². The number of nitrogens with one attached hydrogen (secondary N) is 1. The van der Waals surface area contributed by atoms with Crippen LogP contribution in [0.4, 0.5) is 5.69 Å². The molecule has 5 rings (SSSR count). The summed E-state index contributed by atoms with van der Waals surface area (Å²) in [7, 11) is 0. The summed E-state index contributed by atoms with van der Waals surface area (Å²) >= 11 is 18.5. The van der Waals surface area contributed by atoms with Crippen molar-refractivity contribution < 1.29 is 4.42 Å². The first kappa shape index (κ1) is 20.6. The number of hydrazone groups is 1. The Morgan fingerprint density at radius 3 is 2.38 bits per heavy atom. The van der Waals surface area contributed by atoms with E-state index in [1.165, 1.54) is 0 Å². The molecule has 0 unspecified atom stereocenters. The lowest BCUT2D eigenvalue weighted by Gasteiger charge is -2.06. The molecule has 0 amide bonds. The molecule has 0 fully saturated rings. The van der Waals surface area contributed by atoms with Crippen LogP contribution >= 0.6 is 34.8 Å². The standard InChI is InChI=1S/C24H15Cl3N4O/c25-17-11-19(26)24(20(27)12-17)29-28-13-16-14-31(18-7-2-1-3-8-18)30-23(16)22-10-15-6-4-5-9-21(15)32-22/h1-14,29H/b28-13-. The summed E-state index contributed by atoms with van der Waals surface area (Å²) in [4.78, 5) is 0. The van der Waals surface area contributed by atoms with E-state index in [-0.39, 0.29) is 0 Å². The molecule has 0 spiro atoms. The van der Waals surface area contributed by atoms with Crippen LogP contribution in [0.1, 0.15) is 5.56 Å². The van der Waals surface area contributed by atoms with Crippen LogP contribution in [0.2, 0.25) is 15.1 Å². The van der Waals surface area contributed by atoms with Gasteiger partial charge in [-0.05, 0) is 36.4 Å². The second kappa shape index (κ2) is 8.71. The molecule has 0 saturated carbocycles. The summed E-state index contributed by atoms with van der Waals surface area (Å²) in [6.45, 7) is 0. The van der Waals surface area contributed by atoms with E-state index in [4.69, 9.17) is 44.3 Å². The van der Waals surface area contributed by atoms with Gasteiger partial charge in [-0.1, -0.05) is 71.2 Å². The number of para-hydroxylation sites is 2. The third-order valence-corrected chi connectivity index (χ3v) is 5.62. The number of benzene rings is 3. The van der Waals surface area contributed by atoms with E-state index in [1.54, 1.807) is 23.0 Å². The number of hydrogen-bond donors (Lipinski definition) is 1. The molecule has 0 bridgehead atoms. The van der Waals surface area contributed by atoms with Crippen molar-refractivity contribution in [3.05, 3.63) is 99.6 Å². The van der Waals surface area contributed by atoms with Crippen LogP contribution in [0.5, 0.6) is 0 Å². The fraction of sp³-hybridized carbons (Fsp3) is 0. The number of fused-ring (bicyclic) bond motifs is 1. The molecule has 0 aliphatic heterocycles. The van der Waals surface area contributed by atoms with Crippen molar-refractivity contribution in [2.75, 3.05) is 5.43 Å².